The van der Waals surface area contributed by atoms with Gasteiger partial charge in [0.2, 0.25) is 5.91 Å². The predicted octanol–water partition coefficient (Wildman–Crippen LogP) is 3.91. The molecule has 1 atom stereocenters. The van der Waals surface area contributed by atoms with Gasteiger partial charge in [-0.05, 0) is 24.1 Å². The third-order valence-electron chi connectivity index (χ3n) is 3.48. The van der Waals surface area contributed by atoms with Crippen LogP contribution in [0.1, 0.15) is 11.1 Å². The van der Waals surface area contributed by atoms with E-state index in [0.29, 0.717) is 0 Å². The minimum Gasteiger partial charge on any atom is -0.320 e. The van der Waals surface area contributed by atoms with Gasteiger partial charge in [0.1, 0.15) is 17.1 Å². The number of amides is 1. The van der Waals surface area contributed by atoms with E-state index in [1.807, 2.05) is 0 Å². The fourth-order valence-electron chi connectivity index (χ4n) is 2.22. The second-order valence-corrected chi connectivity index (χ2v) is 5.43. The fraction of sp³-hybridized carbons (Fsp3) is 0.188. The topological polar surface area (TPSA) is 55.1 Å². The van der Waals surface area contributed by atoms with Crippen LogP contribution in [0.5, 0.6) is 0 Å². The fourth-order valence-corrected chi connectivity index (χ4v) is 2.22. The van der Waals surface area contributed by atoms with Crippen LogP contribution in [0.3, 0.4) is 0 Å². The molecule has 2 aromatic rings. The summed E-state index contributed by atoms with van der Waals surface area (Å²) in [5, 5.41) is 1.42. The van der Waals surface area contributed by atoms with Gasteiger partial charge in [0.25, 0.3) is 0 Å². The molecule has 146 valence electrons. The first-order valence-corrected chi connectivity index (χ1v) is 7.17. The van der Waals surface area contributed by atoms with E-state index in [1.54, 1.807) is 0 Å². The lowest BCUT2D eigenvalue weighted by molar-refractivity contribution is -0.143. The maximum absolute atomic E-state index is 13.8. The van der Waals surface area contributed by atoms with Crippen LogP contribution in [0.4, 0.5) is 40.8 Å². The van der Waals surface area contributed by atoms with Gasteiger partial charge in [-0.2, -0.15) is 13.2 Å². The van der Waals surface area contributed by atoms with Crippen molar-refractivity contribution in [1.82, 2.24) is 0 Å². The molecule has 11 heteroatoms. The van der Waals surface area contributed by atoms with E-state index in [1.165, 1.54) is 17.4 Å². The summed E-state index contributed by atoms with van der Waals surface area (Å²) in [6, 6.07) is 3.27. The monoisotopic (exact) mass is 398 g/mol. The lowest BCUT2D eigenvalue weighted by atomic mass is 10.1. The molecule has 0 heterocycles. The highest BCUT2D eigenvalue weighted by Gasteiger charge is 2.42. The Labute approximate surface area is 146 Å². The molecule has 1 amide bonds. The normalized spacial score (nSPS) is 12.8. The first kappa shape index (κ1) is 20.6. The Kier molecular flexibility index (Phi) is 5.73. The molecule has 3 nitrogen and oxygen atoms in total. The van der Waals surface area contributed by atoms with Crippen LogP contribution < -0.4 is 11.1 Å². The summed E-state index contributed by atoms with van der Waals surface area (Å²) in [6.45, 7) is 0. The number of anilines is 1. The molecule has 0 bridgehead atoms. The van der Waals surface area contributed by atoms with Crippen molar-refractivity contribution in [2.45, 2.75) is 18.6 Å². The Morgan fingerprint density at radius 2 is 1.56 bits per heavy atom. The van der Waals surface area contributed by atoms with Crippen molar-refractivity contribution in [2.24, 2.45) is 5.73 Å². The average Bonchev–Trinajstić information content (AvgIpc) is 2.55. The standard InChI is InChI=1S/C16H10F8N2O/c17-7-3-1-2-6(4-7)5-8(25)15(27)26-14-12(20)10(18)9(16(22,23)24)11(19)13(14)21/h1-4,8H,5,25H2,(H,26,27)/t8-/m0/s1. The van der Waals surface area contributed by atoms with Crippen LogP contribution in [0, 0.1) is 29.1 Å². The first-order chi connectivity index (χ1) is 12.4. The van der Waals surface area contributed by atoms with Gasteiger partial charge >= 0.3 is 6.18 Å². The Hall–Kier alpha value is -2.69. The molecule has 0 aliphatic rings. The zero-order chi connectivity index (χ0) is 20.5. The van der Waals surface area contributed by atoms with Crippen LogP contribution in [-0.4, -0.2) is 11.9 Å². The highest BCUT2D eigenvalue weighted by atomic mass is 19.4. The number of alkyl halides is 3. The summed E-state index contributed by atoms with van der Waals surface area (Å²) in [7, 11) is 0. The van der Waals surface area contributed by atoms with Crippen molar-refractivity contribution in [3.63, 3.8) is 0 Å². The summed E-state index contributed by atoms with van der Waals surface area (Å²) < 4.78 is 105. The van der Waals surface area contributed by atoms with Crippen molar-refractivity contribution in [3.8, 4) is 0 Å². The number of hydrogen-bond donors (Lipinski definition) is 2. The van der Waals surface area contributed by atoms with Gasteiger partial charge in [0.05, 0.1) is 6.04 Å². The number of rotatable bonds is 4. The van der Waals surface area contributed by atoms with Gasteiger partial charge in [-0.15, -0.1) is 0 Å². The van der Waals surface area contributed by atoms with Crippen molar-refractivity contribution in [3.05, 3.63) is 64.5 Å². The Bertz CT molecular complexity index is 852. The molecule has 27 heavy (non-hydrogen) atoms. The number of halogens is 8. The summed E-state index contributed by atoms with van der Waals surface area (Å²) in [5.41, 5.74) is 1.18. The number of hydrogen-bond acceptors (Lipinski definition) is 2. The van der Waals surface area contributed by atoms with Crippen LogP contribution in [0.25, 0.3) is 0 Å². The molecular formula is C16H10F8N2O. The van der Waals surface area contributed by atoms with E-state index in [9.17, 15) is 39.9 Å². The second-order valence-electron chi connectivity index (χ2n) is 5.43. The van der Waals surface area contributed by atoms with Crippen LogP contribution in [0.15, 0.2) is 24.3 Å². The SMILES string of the molecule is N[C@@H](Cc1cccc(F)c1)C(=O)Nc1c(F)c(F)c(C(F)(F)F)c(F)c1F. The van der Waals surface area contributed by atoms with Crippen molar-refractivity contribution in [2.75, 3.05) is 5.32 Å². The quantitative estimate of drug-likeness (QED) is 0.606. The number of nitrogens with two attached hydrogens (primary N) is 1. The second kappa shape index (κ2) is 7.51. The van der Waals surface area contributed by atoms with Gasteiger partial charge in [-0.1, -0.05) is 12.1 Å². The maximum Gasteiger partial charge on any atom is 0.422 e. The molecule has 0 saturated heterocycles. The van der Waals surface area contributed by atoms with Gasteiger partial charge < -0.3 is 11.1 Å². The van der Waals surface area contributed by atoms with Crippen molar-refractivity contribution < 1.29 is 39.9 Å². The summed E-state index contributed by atoms with van der Waals surface area (Å²) in [6.07, 6.45) is -6.02. The average molecular weight is 398 g/mol. The number of carbonyl (C=O) groups excluding carboxylic acids is 1. The summed E-state index contributed by atoms with van der Waals surface area (Å²) in [5.74, 6) is -12.3. The smallest absolute Gasteiger partial charge is 0.320 e. The third kappa shape index (κ3) is 4.35. The third-order valence-corrected chi connectivity index (χ3v) is 3.48. The van der Waals surface area contributed by atoms with Crippen LogP contribution >= 0.6 is 0 Å². The number of benzene rings is 2. The molecule has 0 saturated carbocycles. The van der Waals surface area contributed by atoms with Crippen LogP contribution in [-0.2, 0) is 17.4 Å². The van der Waals surface area contributed by atoms with Gasteiger partial charge in [0, 0.05) is 0 Å². The maximum atomic E-state index is 13.8. The van der Waals surface area contributed by atoms with E-state index in [4.69, 9.17) is 5.73 Å². The van der Waals surface area contributed by atoms with Gasteiger partial charge in [-0.25, -0.2) is 22.0 Å². The molecule has 0 aliphatic carbocycles. The van der Waals surface area contributed by atoms with Crippen LogP contribution in [0.2, 0.25) is 0 Å². The largest absolute Gasteiger partial charge is 0.422 e. The molecule has 0 spiro atoms. The Morgan fingerprint density at radius 1 is 1.00 bits per heavy atom. The number of nitrogens with one attached hydrogen (secondary N) is 1. The van der Waals surface area contributed by atoms with E-state index < -0.39 is 58.5 Å². The minimum atomic E-state index is -5.70. The molecule has 0 fully saturated rings. The van der Waals surface area contributed by atoms with Crippen molar-refractivity contribution in [1.29, 1.82) is 0 Å². The molecule has 2 aromatic carbocycles. The molecular weight excluding hydrogens is 388 g/mol. The Morgan fingerprint density at radius 3 is 2.04 bits per heavy atom. The summed E-state index contributed by atoms with van der Waals surface area (Å²) >= 11 is 0. The zero-order valence-electron chi connectivity index (χ0n) is 13.1. The first-order valence-electron chi connectivity index (χ1n) is 7.17. The van der Waals surface area contributed by atoms with Gasteiger partial charge in [-0.3, -0.25) is 4.79 Å². The lowest BCUT2D eigenvalue weighted by Crippen LogP contribution is -2.38. The molecule has 0 aliphatic heterocycles. The van der Waals surface area contributed by atoms with Crippen molar-refractivity contribution >= 4 is 11.6 Å². The predicted molar refractivity (Wildman–Crippen MR) is 78.0 cm³/mol. The van der Waals surface area contributed by atoms with E-state index in [2.05, 4.69) is 0 Å². The molecule has 0 aromatic heterocycles. The van der Waals surface area contributed by atoms with Gasteiger partial charge in [0.15, 0.2) is 23.3 Å². The highest BCUT2D eigenvalue weighted by Crippen LogP contribution is 2.38. The van der Waals surface area contributed by atoms with E-state index in [0.717, 1.165) is 12.1 Å². The number of carbonyl (C=O) groups is 1. The lowest BCUT2D eigenvalue weighted by Gasteiger charge is -2.16. The molecule has 3 N–H and O–H groups in total. The Balaban J connectivity index is 2.30. The molecule has 0 unspecified atom stereocenters. The minimum absolute atomic E-state index is 0.225. The highest BCUT2D eigenvalue weighted by molar-refractivity contribution is 5.95. The zero-order valence-corrected chi connectivity index (χ0v) is 13.1. The summed E-state index contributed by atoms with van der Waals surface area (Å²) in [4.78, 5) is 11.9. The molecule has 2 rings (SSSR count). The van der Waals surface area contributed by atoms with E-state index in [-0.39, 0.29) is 12.0 Å². The van der Waals surface area contributed by atoms with E-state index >= 15 is 0 Å². The molecule has 0 radical (unpaired) electrons.